The molecule has 1 aliphatic carbocycles. The van der Waals surface area contributed by atoms with Gasteiger partial charge in [0.2, 0.25) is 5.88 Å². The minimum Gasteiger partial charge on any atom is -0.371 e. The Balaban J connectivity index is 1.82. The van der Waals surface area contributed by atoms with Crippen LogP contribution in [0.25, 0.3) is 0 Å². The minimum absolute atomic E-state index is 0.291. The highest BCUT2D eigenvalue weighted by molar-refractivity contribution is 5.94. The molecule has 0 bridgehead atoms. The first kappa shape index (κ1) is 16.8. The maximum absolute atomic E-state index is 12.7. The molecule has 6 nitrogen and oxygen atoms in total. The SMILES string of the molecule is C=CCC1C(O)N(c2cc(C3CCCCC3)no2)C(=O)N1CC=C. The van der Waals surface area contributed by atoms with Crippen molar-refractivity contribution < 1.29 is 14.4 Å². The smallest absolute Gasteiger partial charge is 0.329 e. The van der Waals surface area contributed by atoms with Crippen molar-refractivity contribution in [3.8, 4) is 0 Å². The lowest BCUT2D eigenvalue weighted by Crippen LogP contribution is -2.36. The van der Waals surface area contributed by atoms with E-state index < -0.39 is 6.23 Å². The van der Waals surface area contributed by atoms with Crippen LogP contribution in [0, 0.1) is 0 Å². The molecule has 1 aromatic heterocycles. The van der Waals surface area contributed by atoms with Crippen molar-refractivity contribution in [1.29, 1.82) is 0 Å². The average molecular weight is 331 g/mol. The first-order valence-electron chi connectivity index (χ1n) is 8.63. The Morgan fingerprint density at radius 2 is 2.04 bits per heavy atom. The maximum atomic E-state index is 12.7. The van der Waals surface area contributed by atoms with E-state index in [0.29, 0.717) is 24.8 Å². The van der Waals surface area contributed by atoms with Crippen LogP contribution >= 0.6 is 0 Å². The summed E-state index contributed by atoms with van der Waals surface area (Å²) in [6.45, 7) is 7.77. The van der Waals surface area contributed by atoms with Gasteiger partial charge in [-0.1, -0.05) is 36.6 Å². The van der Waals surface area contributed by atoms with E-state index in [9.17, 15) is 9.90 Å². The summed E-state index contributed by atoms with van der Waals surface area (Å²) in [5, 5.41) is 14.8. The molecule has 0 radical (unpaired) electrons. The van der Waals surface area contributed by atoms with Gasteiger partial charge in [-0.15, -0.1) is 13.2 Å². The Bertz CT molecular complexity index is 606. The Hall–Kier alpha value is -2.08. The molecule has 2 atom stereocenters. The van der Waals surface area contributed by atoms with E-state index in [-0.39, 0.29) is 12.1 Å². The van der Waals surface area contributed by atoms with Gasteiger partial charge >= 0.3 is 6.03 Å². The van der Waals surface area contributed by atoms with Crippen LogP contribution in [0.3, 0.4) is 0 Å². The van der Waals surface area contributed by atoms with Crippen molar-refractivity contribution in [3.05, 3.63) is 37.1 Å². The highest BCUT2D eigenvalue weighted by Crippen LogP contribution is 2.36. The Labute approximate surface area is 142 Å². The van der Waals surface area contributed by atoms with E-state index in [4.69, 9.17) is 4.52 Å². The van der Waals surface area contributed by atoms with Gasteiger partial charge < -0.3 is 14.5 Å². The summed E-state index contributed by atoms with van der Waals surface area (Å²) in [5.41, 5.74) is 0.882. The lowest BCUT2D eigenvalue weighted by atomic mass is 9.87. The molecule has 6 heteroatoms. The van der Waals surface area contributed by atoms with Crippen LogP contribution in [-0.4, -0.2) is 40.0 Å². The maximum Gasteiger partial charge on any atom is 0.329 e. The van der Waals surface area contributed by atoms with Gasteiger partial charge in [-0.05, 0) is 19.3 Å². The molecule has 0 aromatic carbocycles. The van der Waals surface area contributed by atoms with Gasteiger partial charge in [-0.25, -0.2) is 9.69 Å². The van der Waals surface area contributed by atoms with Gasteiger partial charge in [0.25, 0.3) is 0 Å². The number of hydrogen-bond acceptors (Lipinski definition) is 4. The minimum atomic E-state index is -0.984. The van der Waals surface area contributed by atoms with E-state index >= 15 is 0 Å². The molecule has 2 amide bonds. The molecule has 1 aromatic rings. The zero-order chi connectivity index (χ0) is 17.1. The number of carbonyl (C=O) groups is 1. The third-order valence-electron chi connectivity index (χ3n) is 4.97. The Kier molecular flexibility index (Phi) is 5.04. The number of amides is 2. The molecule has 1 saturated heterocycles. The molecule has 0 spiro atoms. The van der Waals surface area contributed by atoms with Crippen LogP contribution in [0.5, 0.6) is 0 Å². The standard InChI is InChI=1S/C18H25N3O3/c1-3-8-15-17(22)21(18(23)20(15)11-4-2)16-12-14(19-24-16)13-9-6-5-7-10-13/h3-4,12-13,15,17,22H,1-2,5-11H2. The molecular weight excluding hydrogens is 306 g/mol. The van der Waals surface area contributed by atoms with Gasteiger partial charge in [-0.2, -0.15) is 0 Å². The predicted molar refractivity (Wildman–Crippen MR) is 91.7 cm³/mol. The largest absolute Gasteiger partial charge is 0.371 e. The summed E-state index contributed by atoms with van der Waals surface area (Å²) in [6.07, 6.45) is 8.74. The molecule has 1 N–H and O–H groups in total. The van der Waals surface area contributed by atoms with Crippen molar-refractivity contribution in [1.82, 2.24) is 10.1 Å². The lowest BCUT2D eigenvalue weighted by Gasteiger charge is -2.21. The number of urea groups is 1. The van der Waals surface area contributed by atoms with Gasteiger partial charge in [-0.3, -0.25) is 0 Å². The average Bonchev–Trinajstić information content (AvgIpc) is 3.15. The van der Waals surface area contributed by atoms with Crippen molar-refractivity contribution >= 4 is 11.9 Å². The van der Waals surface area contributed by atoms with Crippen LogP contribution < -0.4 is 4.90 Å². The highest BCUT2D eigenvalue weighted by Gasteiger charge is 2.46. The number of carbonyl (C=O) groups excluding carboxylic acids is 1. The number of aliphatic hydroxyl groups excluding tert-OH is 1. The quantitative estimate of drug-likeness (QED) is 0.811. The summed E-state index contributed by atoms with van der Waals surface area (Å²) in [6, 6.07) is 1.15. The lowest BCUT2D eigenvalue weighted by molar-refractivity contribution is 0.122. The van der Waals surface area contributed by atoms with Crippen molar-refractivity contribution in [2.24, 2.45) is 0 Å². The summed E-state index contributed by atoms with van der Waals surface area (Å²) in [5.74, 6) is 0.702. The van der Waals surface area contributed by atoms with E-state index in [2.05, 4.69) is 18.3 Å². The topological polar surface area (TPSA) is 69.8 Å². The normalized spacial score (nSPS) is 25.3. The van der Waals surface area contributed by atoms with Crippen LogP contribution in [0.2, 0.25) is 0 Å². The number of aromatic nitrogens is 1. The van der Waals surface area contributed by atoms with Gasteiger partial charge in [0.1, 0.15) is 0 Å². The Morgan fingerprint density at radius 3 is 2.71 bits per heavy atom. The van der Waals surface area contributed by atoms with Crippen LogP contribution in [0.4, 0.5) is 10.7 Å². The third-order valence-corrected chi connectivity index (χ3v) is 4.97. The molecule has 3 rings (SSSR count). The fourth-order valence-electron chi connectivity index (χ4n) is 3.71. The van der Waals surface area contributed by atoms with Crippen LogP contribution in [-0.2, 0) is 0 Å². The predicted octanol–water partition coefficient (Wildman–Crippen LogP) is 3.41. The van der Waals surface area contributed by atoms with Gasteiger partial charge in [0.05, 0.1) is 11.7 Å². The zero-order valence-electron chi connectivity index (χ0n) is 13.9. The summed E-state index contributed by atoms with van der Waals surface area (Å²) in [7, 11) is 0. The molecule has 2 aliphatic rings. The Morgan fingerprint density at radius 1 is 1.29 bits per heavy atom. The fourth-order valence-corrected chi connectivity index (χ4v) is 3.71. The zero-order valence-corrected chi connectivity index (χ0v) is 13.9. The molecule has 24 heavy (non-hydrogen) atoms. The van der Waals surface area contributed by atoms with E-state index in [1.807, 2.05) is 0 Å². The monoisotopic (exact) mass is 331 g/mol. The second kappa shape index (κ2) is 7.21. The van der Waals surface area contributed by atoms with E-state index in [1.165, 1.54) is 24.2 Å². The number of hydrogen-bond donors (Lipinski definition) is 1. The molecule has 2 unspecified atom stereocenters. The van der Waals surface area contributed by atoms with Crippen molar-refractivity contribution in [2.45, 2.75) is 56.7 Å². The molecule has 130 valence electrons. The first-order valence-corrected chi connectivity index (χ1v) is 8.63. The number of rotatable bonds is 6. The summed E-state index contributed by atoms with van der Waals surface area (Å²) < 4.78 is 5.41. The number of nitrogens with zero attached hydrogens (tertiary/aromatic N) is 3. The number of aliphatic hydroxyl groups is 1. The first-order chi connectivity index (χ1) is 11.7. The summed E-state index contributed by atoms with van der Waals surface area (Å²) in [4.78, 5) is 15.6. The second-order valence-corrected chi connectivity index (χ2v) is 6.52. The highest BCUT2D eigenvalue weighted by atomic mass is 16.5. The van der Waals surface area contributed by atoms with Crippen molar-refractivity contribution in [3.63, 3.8) is 0 Å². The van der Waals surface area contributed by atoms with Crippen LogP contribution in [0.1, 0.15) is 50.1 Å². The molecule has 2 heterocycles. The third kappa shape index (κ3) is 2.98. The van der Waals surface area contributed by atoms with Crippen LogP contribution in [0.15, 0.2) is 35.9 Å². The fraction of sp³-hybridized carbons (Fsp3) is 0.556. The molecule has 1 saturated carbocycles. The van der Waals surface area contributed by atoms with Crippen molar-refractivity contribution in [2.75, 3.05) is 11.4 Å². The van der Waals surface area contributed by atoms with E-state index in [1.54, 1.807) is 23.1 Å². The van der Waals surface area contributed by atoms with Gasteiger partial charge in [0.15, 0.2) is 6.23 Å². The molecular formula is C18H25N3O3. The molecule has 1 aliphatic heterocycles. The number of anilines is 1. The summed E-state index contributed by atoms with van der Waals surface area (Å²) >= 11 is 0. The molecule has 2 fully saturated rings. The van der Waals surface area contributed by atoms with E-state index in [0.717, 1.165) is 18.5 Å². The van der Waals surface area contributed by atoms with Gasteiger partial charge in [0, 0.05) is 18.5 Å². The second-order valence-electron chi connectivity index (χ2n) is 6.52.